The summed E-state index contributed by atoms with van der Waals surface area (Å²) >= 11 is 0. The van der Waals surface area contributed by atoms with Gasteiger partial charge in [0.15, 0.2) is 0 Å². The number of nitrogens with zero attached hydrogens (tertiary/aromatic N) is 1. The number of carbonyl (C=O) groups is 1. The molecule has 0 heterocycles. The van der Waals surface area contributed by atoms with Crippen LogP contribution in [0.1, 0.15) is 48.0 Å². The summed E-state index contributed by atoms with van der Waals surface area (Å²) in [7, 11) is 0. The Kier molecular flexibility index (Phi) is 6.35. The van der Waals surface area contributed by atoms with Gasteiger partial charge in [-0.3, -0.25) is 14.9 Å². The Morgan fingerprint density at radius 2 is 1.67 bits per heavy atom. The molecule has 6 heteroatoms. The average Bonchev–Trinajstić information content (AvgIpc) is 2.40. The van der Waals surface area contributed by atoms with Gasteiger partial charge in [0, 0.05) is 18.1 Å². The quantitative estimate of drug-likeness (QED) is 0.437. The maximum absolute atomic E-state index is 12.1. The van der Waals surface area contributed by atoms with Crippen molar-refractivity contribution in [3.05, 3.63) is 34.4 Å². The monoisotopic (exact) mass is 337 g/mol. The number of hydrogen-bond donors (Lipinski definition) is 0. The molecule has 1 aromatic rings. The Hall–Kier alpha value is -2.11. The highest BCUT2D eigenvalue weighted by atomic mass is 16.6. The summed E-state index contributed by atoms with van der Waals surface area (Å²) < 4.78 is 11.1. The molecule has 0 saturated heterocycles. The van der Waals surface area contributed by atoms with Gasteiger partial charge in [0.05, 0.1) is 18.0 Å². The normalized spacial score (nSPS) is 13.2. The number of nitro benzene ring substituents is 1. The average molecular weight is 337 g/mol. The van der Waals surface area contributed by atoms with Crippen molar-refractivity contribution < 1.29 is 19.2 Å². The molecule has 0 spiro atoms. The number of hydrogen-bond acceptors (Lipinski definition) is 5. The molecule has 0 radical (unpaired) electrons. The Balaban J connectivity index is 2.70. The van der Waals surface area contributed by atoms with Crippen molar-refractivity contribution in [1.82, 2.24) is 0 Å². The minimum atomic E-state index is -0.515. The summed E-state index contributed by atoms with van der Waals surface area (Å²) in [5, 5.41) is 10.7. The number of nitro groups is 1. The van der Waals surface area contributed by atoms with Gasteiger partial charge in [0.2, 0.25) is 0 Å². The molecule has 0 fully saturated rings. The fourth-order valence-electron chi connectivity index (χ4n) is 2.06. The lowest BCUT2D eigenvalue weighted by atomic mass is 9.79. The van der Waals surface area contributed by atoms with E-state index in [4.69, 9.17) is 9.47 Å². The summed E-state index contributed by atoms with van der Waals surface area (Å²) in [4.78, 5) is 22.3. The van der Waals surface area contributed by atoms with Crippen LogP contribution in [0.5, 0.6) is 5.75 Å². The van der Waals surface area contributed by atoms with Crippen molar-refractivity contribution in [2.24, 2.45) is 11.3 Å². The summed E-state index contributed by atoms with van der Waals surface area (Å²) in [6.45, 7) is 12.0. The molecule has 1 aromatic carbocycles. The molecule has 0 aliphatic rings. The second-order valence-electron chi connectivity index (χ2n) is 7.92. The Morgan fingerprint density at radius 1 is 1.12 bits per heavy atom. The summed E-state index contributed by atoms with van der Waals surface area (Å²) in [5.74, 6) is 0.247. The van der Waals surface area contributed by atoms with Gasteiger partial charge in [-0.2, -0.15) is 0 Å². The molecule has 1 rings (SSSR count). The third kappa shape index (κ3) is 6.98. The summed E-state index contributed by atoms with van der Waals surface area (Å²) in [5.41, 5.74) is -0.639. The van der Waals surface area contributed by atoms with Gasteiger partial charge >= 0.3 is 5.97 Å². The molecular weight excluding hydrogens is 310 g/mol. The highest BCUT2D eigenvalue weighted by Crippen LogP contribution is 2.30. The summed E-state index contributed by atoms with van der Waals surface area (Å²) in [6.07, 6.45) is 0.258. The number of rotatable bonds is 6. The fraction of sp³-hybridized carbons (Fsp3) is 0.611. The first kappa shape index (κ1) is 19.9. The van der Waals surface area contributed by atoms with Crippen molar-refractivity contribution in [3.8, 4) is 5.75 Å². The number of carbonyl (C=O) groups excluding carboxylic acids is 1. The van der Waals surface area contributed by atoms with Crippen LogP contribution in [0.2, 0.25) is 0 Å². The lowest BCUT2D eigenvalue weighted by Crippen LogP contribution is -2.32. The van der Waals surface area contributed by atoms with E-state index >= 15 is 0 Å². The largest absolute Gasteiger partial charge is 0.493 e. The molecule has 1 atom stereocenters. The van der Waals surface area contributed by atoms with Crippen LogP contribution in [0.15, 0.2) is 24.3 Å². The predicted molar refractivity (Wildman–Crippen MR) is 92.0 cm³/mol. The Labute approximate surface area is 143 Å². The third-order valence-corrected chi connectivity index (χ3v) is 3.56. The van der Waals surface area contributed by atoms with Crippen LogP contribution in [0.4, 0.5) is 5.69 Å². The zero-order valence-electron chi connectivity index (χ0n) is 15.3. The molecule has 0 aromatic heterocycles. The minimum Gasteiger partial charge on any atom is -0.493 e. The van der Waals surface area contributed by atoms with Gasteiger partial charge < -0.3 is 9.47 Å². The molecule has 0 N–H and O–H groups in total. The van der Waals surface area contributed by atoms with Gasteiger partial charge in [-0.25, -0.2) is 0 Å². The number of ether oxygens (including phenoxy) is 2. The van der Waals surface area contributed by atoms with Crippen LogP contribution in [0.3, 0.4) is 0 Å². The standard InChI is InChI=1S/C18H27NO5/c1-17(2,3)13(11-16(20)24-18(4,5)6)12-23-15-9-7-14(8-10-15)19(21)22/h7-10,13H,11-12H2,1-6H3. The van der Waals surface area contributed by atoms with E-state index < -0.39 is 10.5 Å². The highest BCUT2D eigenvalue weighted by molar-refractivity contribution is 5.70. The maximum Gasteiger partial charge on any atom is 0.306 e. The van der Waals surface area contributed by atoms with Crippen LogP contribution in [-0.2, 0) is 9.53 Å². The van der Waals surface area contributed by atoms with E-state index in [1.165, 1.54) is 12.1 Å². The predicted octanol–water partition coefficient (Wildman–Crippen LogP) is 4.37. The van der Waals surface area contributed by atoms with Crippen molar-refractivity contribution in [2.45, 2.75) is 53.6 Å². The second kappa shape index (κ2) is 7.64. The lowest BCUT2D eigenvalue weighted by molar-refractivity contribution is -0.384. The van der Waals surface area contributed by atoms with E-state index in [0.29, 0.717) is 12.4 Å². The van der Waals surface area contributed by atoms with E-state index in [-0.39, 0.29) is 29.4 Å². The van der Waals surface area contributed by atoms with E-state index in [0.717, 1.165) is 0 Å². The van der Waals surface area contributed by atoms with E-state index in [1.54, 1.807) is 12.1 Å². The van der Waals surface area contributed by atoms with Crippen molar-refractivity contribution in [1.29, 1.82) is 0 Å². The zero-order chi connectivity index (χ0) is 18.5. The molecule has 0 aliphatic heterocycles. The first-order chi connectivity index (χ1) is 10.9. The van der Waals surface area contributed by atoms with Crippen molar-refractivity contribution in [2.75, 3.05) is 6.61 Å². The van der Waals surface area contributed by atoms with Gasteiger partial charge in [0.1, 0.15) is 11.4 Å². The first-order valence-corrected chi connectivity index (χ1v) is 7.97. The minimum absolute atomic E-state index is 0.0171. The molecule has 6 nitrogen and oxygen atoms in total. The van der Waals surface area contributed by atoms with Gasteiger partial charge in [-0.1, -0.05) is 20.8 Å². The SMILES string of the molecule is CC(C)(C)OC(=O)CC(COc1ccc([N+](=O)[O-])cc1)C(C)(C)C. The topological polar surface area (TPSA) is 78.7 Å². The molecule has 24 heavy (non-hydrogen) atoms. The molecule has 0 saturated carbocycles. The number of esters is 1. The van der Waals surface area contributed by atoms with Crippen LogP contribution in [0.25, 0.3) is 0 Å². The molecule has 0 amide bonds. The Morgan fingerprint density at radius 3 is 2.08 bits per heavy atom. The highest BCUT2D eigenvalue weighted by Gasteiger charge is 2.30. The van der Waals surface area contributed by atoms with Crippen molar-refractivity contribution >= 4 is 11.7 Å². The molecule has 0 aliphatic carbocycles. The number of benzene rings is 1. The van der Waals surface area contributed by atoms with E-state index in [2.05, 4.69) is 0 Å². The first-order valence-electron chi connectivity index (χ1n) is 7.97. The lowest BCUT2D eigenvalue weighted by Gasteiger charge is -2.31. The van der Waals surface area contributed by atoms with Crippen LogP contribution in [-0.4, -0.2) is 23.1 Å². The van der Waals surface area contributed by atoms with Gasteiger partial charge in [0.25, 0.3) is 5.69 Å². The van der Waals surface area contributed by atoms with Crippen LogP contribution < -0.4 is 4.74 Å². The molecule has 134 valence electrons. The van der Waals surface area contributed by atoms with Crippen LogP contribution in [0, 0.1) is 21.4 Å². The summed E-state index contributed by atoms with van der Waals surface area (Å²) in [6, 6.07) is 5.92. The number of non-ortho nitro benzene ring substituents is 1. The zero-order valence-corrected chi connectivity index (χ0v) is 15.3. The van der Waals surface area contributed by atoms with Gasteiger partial charge in [-0.15, -0.1) is 0 Å². The van der Waals surface area contributed by atoms with Crippen molar-refractivity contribution in [3.63, 3.8) is 0 Å². The maximum atomic E-state index is 12.1. The third-order valence-electron chi connectivity index (χ3n) is 3.56. The molecular formula is C18H27NO5. The smallest absolute Gasteiger partial charge is 0.306 e. The van der Waals surface area contributed by atoms with Crippen LogP contribution >= 0.6 is 0 Å². The second-order valence-corrected chi connectivity index (χ2v) is 7.92. The van der Waals surface area contributed by atoms with E-state index in [9.17, 15) is 14.9 Å². The van der Waals surface area contributed by atoms with Gasteiger partial charge in [-0.05, 0) is 38.3 Å². The Bertz CT molecular complexity index is 567. The molecule has 1 unspecified atom stereocenters. The fourth-order valence-corrected chi connectivity index (χ4v) is 2.06. The van der Waals surface area contributed by atoms with E-state index in [1.807, 2.05) is 41.5 Å². The molecule has 0 bridgehead atoms.